The number of hydrogen-bond donors (Lipinski definition) is 2. The molecular formula is C8H14N2O3. The minimum absolute atomic E-state index is 0.0437. The van der Waals surface area contributed by atoms with Crippen LogP contribution in [0.25, 0.3) is 0 Å². The van der Waals surface area contributed by atoms with E-state index in [0.29, 0.717) is 0 Å². The molecule has 13 heavy (non-hydrogen) atoms. The Morgan fingerprint density at radius 2 is 2.15 bits per heavy atom. The average Bonchev–Trinajstić information content (AvgIpc) is 2.36. The maximum absolute atomic E-state index is 11.2. The second-order valence-electron chi connectivity index (χ2n) is 3.42. The third kappa shape index (κ3) is 1.80. The molecular weight excluding hydrogens is 172 g/mol. The molecule has 5 heteroatoms. The summed E-state index contributed by atoms with van der Waals surface area (Å²) < 4.78 is 0. The highest BCUT2D eigenvalue weighted by atomic mass is 16.3. The topological polar surface area (TPSA) is 69.6 Å². The summed E-state index contributed by atoms with van der Waals surface area (Å²) in [7, 11) is 0. The van der Waals surface area contributed by atoms with Crippen LogP contribution >= 0.6 is 0 Å². The zero-order valence-electron chi connectivity index (χ0n) is 7.78. The van der Waals surface area contributed by atoms with Gasteiger partial charge in [0.2, 0.25) is 5.91 Å². The van der Waals surface area contributed by atoms with E-state index in [1.54, 1.807) is 0 Å². The lowest BCUT2D eigenvalue weighted by molar-refractivity contribution is -0.127. The number of hydrogen-bond acceptors (Lipinski definition) is 3. The zero-order valence-corrected chi connectivity index (χ0v) is 7.78. The third-order valence-corrected chi connectivity index (χ3v) is 2.17. The van der Waals surface area contributed by atoms with Crippen LogP contribution in [0, 0.1) is 5.92 Å². The normalized spacial score (nSPS) is 19.5. The molecule has 0 radical (unpaired) electrons. The van der Waals surface area contributed by atoms with Gasteiger partial charge in [0, 0.05) is 0 Å². The van der Waals surface area contributed by atoms with Crippen LogP contribution in [0.1, 0.15) is 13.8 Å². The van der Waals surface area contributed by atoms with Crippen LogP contribution in [0.5, 0.6) is 0 Å². The monoisotopic (exact) mass is 186 g/mol. The molecule has 1 atom stereocenters. The molecule has 1 aliphatic rings. The second-order valence-corrected chi connectivity index (χ2v) is 3.42. The van der Waals surface area contributed by atoms with E-state index >= 15 is 0 Å². The highest BCUT2D eigenvalue weighted by molar-refractivity contribution is 6.02. The van der Waals surface area contributed by atoms with Gasteiger partial charge in [-0.3, -0.25) is 9.69 Å². The average molecular weight is 186 g/mol. The van der Waals surface area contributed by atoms with Crippen LogP contribution in [0.2, 0.25) is 0 Å². The Balaban J connectivity index is 2.77. The largest absolute Gasteiger partial charge is 0.394 e. The number of imide groups is 1. The maximum atomic E-state index is 11.2. The molecule has 0 aliphatic carbocycles. The van der Waals surface area contributed by atoms with Gasteiger partial charge in [0.25, 0.3) is 0 Å². The zero-order chi connectivity index (χ0) is 10.0. The van der Waals surface area contributed by atoms with Gasteiger partial charge in [-0.1, -0.05) is 13.8 Å². The fraction of sp³-hybridized carbons (Fsp3) is 0.750. The molecule has 1 saturated heterocycles. The first-order valence-corrected chi connectivity index (χ1v) is 4.28. The summed E-state index contributed by atoms with van der Waals surface area (Å²) in [6.45, 7) is 3.58. The van der Waals surface area contributed by atoms with Gasteiger partial charge >= 0.3 is 6.03 Å². The first-order chi connectivity index (χ1) is 6.07. The third-order valence-electron chi connectivity index (χ3n) is 2.17. The molecule has 0 unspecified atom stereocenters. The summed E-state index contributed by atoms with van der Waals surface area (Å²) in [5.74, 6) is -0.199. The van der Waals surface area contributed by atoms with E-state index < -0.39 is 12.1 Å². The Bertz CT molecular complexity index is 211. The molecule has 0 aromatic carbocycles. The molecule has 1 heterocycles. The van der Waals surface area contributed by atoms with E-state index in [1.807, 2.05) is 13.8 Å². The van der Waals surface area contributed by atoms with Gasteiger partial charge in [-0.25, -0.2) is 4.79 Å². The number of amides is 3. The lowest BCUT2D eigenvalue weighted by Gasteiger charge is -2.26. The second kappa shape index (κ2) is 3.74. The van der Waals surface area contributed by atoms with Crippen molar-refractivity contribution in [1.29, 1.82) is 0 Å². The van der Waals surface area contributed by atoms with Crippen LogP contribution < -0.4 is 5.32 Å². The predicted molar refractivity (Wildman–Crippen MR) is 46.0 cm³/mol. The van der Waals surface area contributed by atoms with Crippen molar-refractivity contribution >= 4 is 11.9 Å². The van der Waals surface area contributed by atoms with Crippen LogP contribution in [-0.2, 0) is 4.79 Å². The summed E-state index contributed by atoms with van der Waals surface area (Å²) >= 11 is 0. The minimum atomic E-state index is -0.407. The SMILES string of the molecule is CC(C)[C@H](CO)N1C(=O)CNC1=O. The number of carbonyl (C=O) groups excluding carboxylic acids is 2. The Morgan fingerprint density at radius 1 is 1.54 bits per heavy atom. The maximum Gasteiger partial charge on any atom is 0.324 e. The molecule has 1 rings (SSSR count). The van der Waals surface area contributed by atoms with Crippen LogP contribution in [0.4, 0.5) is 4.79 Å². The van der Waals surface area contributed by atoms with Crippen molar-refractivity contribution in [2.75, 3.05) is 13.2 Å². The van der Waals surface area contributed by atoms with Crippen molar-refractivity contribution in [1.82, 2.24) is 10.2 Å². The Labute approximate surface area is 76.7 Å². The number of rotatable bonds is 3. The van der Waals surface area contributed by atoms with Crippen molar-refractivity contribution in [2.24, 2.45) is 5.92 Å². The van der Waals surface area contributed by atoms with E-state index in [0.717, 1.165) is 4.90 Å². The summed E-state index contributed by atoms with van der Waals surface area (Å²) in [4.78, 5) is 23.5. The molecule has 1 fully saturated rings. The van der Waals surface area contributed by atoms with Gasteiger partial charge in [0.15, 0.2) is 0 Å². The van der Waals surface area contributed by atoms with E-state index in [-0.39, 0.29) is 25.0 Å². The van der Waals surface area contributed by atoms with Gasteiger partial charge in [-0.15, -0.1) is 0 Å². The molecule has 3 amide bonds. The molecule has 1 aliphatic heterocycles. The number of aliphatic hydroxyl groups excluding tert-OH is 1. The lowest BCUT2D eigenvalue weighted by Crippen LogP contribution is -2.45. The standard InChI is InChI=1S/C8H14N2O3/c1-5(2)6(4-11)10-7(12)3-9-8(10)13/h5-6,11H,3-4H2,1-2H3,(H,9,13)/t6-/m0/s1. The number of nitrogens with zero attached hydrogens (tertiary/aromatic N) is 1. The van der Waals surface area contributed by atoms with E-state index in [2.05, 4.69) is 5.32 Å². The molecule has 0 aromatic heterocycles. The van der Waals surface area contributed by atoms with E-state index in [9.17, 15) is 9.59 Å². The summed E-state index contributed by atoms with van der Waals surface area (Å²) in [5, 5.41) is 11.4. The Hall–Kier alpha value is -1.10. The number of aliphatic hydroxyl groups is 1. The van der Waals surface area contributed by atoms with Gasteiger partial charge in [-0.2, -0.15) is 0 Å². The summed E-state index contributed by atoms with van der Waals surface area (Å²) in [6, 6.07) is -0.812. The van der Waals surface area contributed by atoms with Crippen LogP contribution in [-0.4, -0.2) is 41.1 Å². The van der Waals surface area contributed by atoms with E-state index in [1.165, 1.54) is 0 Å². The van der Waals surface area contributed by atoms with Gasteiger partial charge in [0.05, 0.1) is 19.2 Å². The molecule has 0 bridgehead atoms. The van der Waals surface area contributed by atoms with Crippen LogP contribution in [0.15, 0.2) is 0 Å². The highest BCUT2D eigenvalue weighted by Gasteiger charge is 2.35. The predicted octanol–water partition coefficient (Wildman–Crippen LogP) is -0.445. The van der Waals surface area contributed by atoms with E-state index in [4.69, 9.17) is 5.11 Å². The summed E-state index contributed by atoms with van der Waals surface area (Å²) in [5.41, 5.74) is 0. The fourth-order valence-corrected chi connectivity index (χ4v) is 1.36. The van der Waals surface area contributed by atoms with Crippen molar-refractivity contribution in [3.63, 3.8) is 0 Å². The quantitative estimate of drug-likeness (QED) is 0.587. The Kier molecular flexibility index (Phi) is 2.87. The molecule has 0 spiro atoms. The first kappa shape index (κ1) is 9.98. The fourth-order valence-electron chi connectivity index (χ4n) is 1.36. The van der Waals surface area contributed by atoms with Crippen molar-refractivity contribution < 1.29 is 14.7 Å². The molecule has 74 valence electrons. The Morgan fingerprint density at radius 3 is 2.46 bits per heavy atom. The summed E-state index contributed by atoms with van der Waals surface area (Å²) in [6.07, 6.45) is 0. The number of carbonyl (C=O) groups is 2. The molecule has 0 saturated carbocycles. The number of urea groups is 1. The van der Waals surface area contributed by atoms with Crippen LogP contribution in [0.3, 0.4) is 0 Å². The smallest absolute Gasteiger partial charge is 0.324 e. The van der Waals surface area contributed by atoms with Crippen molar-refractivity contribution in [3.05, 3.63) is 0 Å². The molecule has 2 N–H and O–H groups in total. The molecule has 0 aromatic rings. The van der Waals surface area contributed by atoms with Crippen molar-refractivity contribution in [2.45, 2.75) is 19.9 Å². The van der Waals surface area contributed by atoms with Gasteiger partial charge in [-0.05, 0) is 5.92 Å². The molecule has 5 nitrogen and oxygen atoms in total. The van der Waals surface area contributed by atoms with Crippen molar-refractivity contribution in [3.8, 4) is 0 Å². The lowest BCUT2D eigenvalue weighted by atomic mass is 10.0. The first-order valence-electron chi connectivity index (χ1n) is 4.28. The highest BCUT2D eigenvalue weighted by Crippen LogP contribution is 2.13. The van der Waals surface area contributed by atoms with Gasteiger partial charge < -0.3 is 10.4 Å². The number of nitrogens with one attached hydrogen (secondary N) is 1. The minimum Gasteiger partial charge on any atom is -0.394 e. The van der Waals surface area contributed by atoms with Gasteiger partial charge in [0.1, 0.15) is 0 Å².